The van der Waals surface area contributed by atoms with Crippen LogP contribution < -0.4 is 5.43 Å². The molecule has 4 heteroatoms. The number of nitrogens with zero attached hydrogens (tertiary/aromatic N) is 2. The van der Waals surface area contributed by atoms with Crippen LogP contribution in [-0.4, -0.2) is 28.5 Å². The van der Waals surface area contributed by atoms with Gasteiger partial charge in [0.05, 0.1) is 5.52 Å². The van der Waals surface area contributed by atoms with Crippen LogP contribution in [-0.2, 0) is 11.3 Å². The maximum atomic E-state index is 12.6. The summed E-state index contributed by atoms with van der Waals surface area (Å²) in [6.07, 6.45) is 1.69. The third-order valence-corrected chi connectivity index (χ3v) is 4.42. The summed E-state index contributed by atoms with van der Waals surface area (Å²) in [4.78, 5) is 26.2. The Bertz CT molecular complexity index is 741. The molecule has 0 saturated carbocycles. The number of likely N-dealkylation sites (N-methyl/N-ethyl adjacent to an activating group) is 1. The number of hydrogen-bond donors (Lipinski definition) is 0. The third kappa shape index (κ3) is 3.21. The van der Waals surface area contributed by atoms with Crippen molar-refractivity contribution in [3.63, 3.8) is 0 Å². The highest BCUT2D eigenvalue weighted by molar-refractivity contribution is 5.82. The van der Waals surface area contributed by atoms with Crippen LogP contribution in [0.1, 0.15) is 27.7 Å². The lowest BCUT2D eigenvalue weighted by atomic mass is 9.87. The summed E-state index contributed by atoms with van der Waals surface area (Å²) in [7, 11) is 1.84. The molecule has 2 rings (SSSR count). The maximum Gasteiger partial charge on any atom is 0.242 e. The fraction of sp³-hybridized carbons (Fsp3) is 0.444. The van der Waals surface area contributed by atoms with E-state index in [1.807, 2.05) is 29.8 Å². The van der Waals surface area contributed by atoms with Gasteiger partial charge in [0.15, 0.2) is 5.43 Å². The molecule has 1 aromatic carbocycles. The van der Waals surface area contributed by atoms with Crippen molar-refractivity contribution in [1.82, 2.24) is 9.47 Å². The molecule has 0 fully saturated rings. The first-order valence-electron chi connectivity index (χ1n) is 7.55. The van der Waals surface area contributed by atoms with Crippen molar-refractivity contribution in [1.29, 1.82) is 0 Å². The molecule has 0 aliphatic carbocycles. The first kappa shape index (κ1) is 16.3. The van der Waals surface area contributed by atoms with E-state index < -0.39 is 0 Å². The fourth-order valence-corrected chi connectivity index (χ4v) is 2.45. The van der Waals surface area contributed by atoms with Gasteiger partial charge < -0.3 is 9.47 Å². The van der Waals surface area contributed by atoms with Gasteiger partial charge in [-0.25, -0.2) is 0 Å². The van der Waals surface area contributed by atoms with Gasteiger partial charge in [-0.05, 0) is 24.5 Å². The molecule has 1 heterocycles. The molecule has 0 aliphatic heterocycles. The third-order valence-electron chi connectivity index (χ3n) is 4.42. The van der Waals surface area contributed by atoms with Crippen LogP contribution in [0, 0.1) is 5.41 Å². The van der Waals surface area contributed by atoms with Crippen molar-refractivity contribution < 1.29 is 4.79 Å². The SMILES string of the molecule is C[C@H](N(C)C(=O)Cn1ccc(=O)c2ccccc21)C(C)(C)C. The molecule has 2 aromatic rings. The predicted octanol–water partition coefficient (Wildman–Crippen LogP) is 2.89. The monoisotopic (exact) mass is 300 g/mol. The van der Waals surface area contributed by atoms with E-state index in [2.05, 4.69) is 27.7 Å². The number of hydrogen-bond acceptors (Lipinski definition) is 2. The molecular formula is C18H24N2O2. The molecule has 0 radical (unpaired) electrons. The number of benzene rings is 1. The number of aromatic nitrogens is 1. The minimum absolute atomic E-state index is 0.0179. The number of carbonyl (C=O) groups excluding carboxylic acids is 1. The van der Waals surface area contributed by atoms with Crippen LogP contribution in [0.25, 0.3) is 10.9 Å². The number of pyridine rings is 1. The van der Waals surface area contributed by atoms with Gasteiger partial charge in [-0.15, -0.1) is 0 Å². The van der Waals surface area contributed by atoms with E-state index in [4.69, 9.17) is 0 Å². The second-order valence-electron chi connectivity index (χ2n) is 6.87. The molecular weight excluding hydrogens is 276 g/mol. The molecule has 1 aromatic heterocycles. The molecule has 118 valence electrons. The average molecular weight is 300 g/mol. The standard InChI is InChI=1S/C18H24N2O2/c1-13(18(2,3)4)19(5)17(22)12-20-11-10-16(21)14-8-6-7-9-15(14)20/h6-11,13H,12H2,1-5H3/t13-/m0/s1. The van der Waals surface area contributed by atoms with E-state index in [0.717, 1.165) is 5.52 Å². The maximum absolute atomic E-state index is 12.6. The van der Waals surface area contributed by atoms with Crippen LogP contribution in [0.5, 0.6) is 0 Å². The van der Waals surface area contributed by atoms with Gasteiger partial charge in [-0.1, -0.05) is 32.9 Å². The lowest BCUT2D eigenvalue weighted by Crippen LogP contribution is -2.44. The number of para-hydroxylation sites is 1. The minimum atomic E-state index is -0.0179. The number of fused-ring (bicyclic) bond motifs is 1. The quantitative estimate of drug-likeness (QED) is 0.874. The highest BCUT2D eigenvalue weighted by Gasteiger charge is 2.27. The Hall–Kier alpha value is -2.10. The molecule has 0 saturated heterocycles. The average Bonchev–Trinajstić information content (AvgIpc) is 2.47. The van der Waals surface area contributed by atoms with Gasteiger partial charge in [-0.3, -0.25) is 9.59 Å². The predicted molar refractivity (Wildman–Crippen MR) is 89.9 cm³/mol. The summed E-state index contributed by atoms with van der Waals surface area (Å²) < 4.78 is 1.84. The van der Waals surface area contributed by atoms with Gasteiger partial charge in [0, 0.05) is 30.7 Å². The zero-order chi connectivity index (χ0) is 16.5. The summed E-state index contributed by atoms with van der Waals surface area (Å²) in [5.74, 6) is 0.0382. The molecule has 0 aliphatic rings. The largest absolute Gasteiger partial charge is 0.341 e. The van der Waals surface area contributed by atoms with Gasteiger partial charge in [0.2, 0.25) is 5.91 Å². The van der Waals surface area contributed by atoms with Crippen molar-refractivity contribution in [3.8, 4) is 0 Å². The van der Waals surface area contributed by atoms with Crippen molar-refractivity contribution >= 4 is 16.8 Å². The molecule has 4 nitrogen and oxygen atoms in total. The Kier molecular flexibility index (Phi) is 4.40. The highest BCUT2D eigenvalue weighted by atomic mass is 16.2. The number of rotatable bonds is 3. The molecule has 0 unspecified atom stereocenters. The summed E-state index contributed by atoms with van der Waals surface area (Å²) >= 11 is 0. The van der Waals surface area contributed by atoms with E-state index >= 15 is 0 Å². The van der Waals surface area contributed by atoms with E-state index in [1.54, 1.807) is 17.2 Å². The topological polar surface area (TPSA) is 42.3 Å². The molecule has 1 atom stereocenters. The highest BCUT2D eigenvalue weighted by Crippen LogP contribution is 2.23. The van der Waals surface area contributed by atoms with Gasteiger partial charge in [0.1, 0.15) is 6.54 Å². The van der Waals surface area contributed by atoms with Crippen molar-refractivity contribution in [2.75, 3.05) is 7.05 Å². The Labute approximate surface area is 131 Å². The summed E-state index contributed by atoms with van der Waals surface area (Å²) in [6, 6.07) is 9.03. The molecule has 0 N–H and O–H groups in total. The normalized spacial score (nSPS) is 13.1. The smallest absolute Gasteiger partial charge is 0.242 e. The zero-order valence-electron chi connectivity index (χ0n) is 14.0. The minimum Gasteiger partial charge on any atom is -0.341 e. The van der Waals surface area contributed by atoms with Gasteiger partial charge in [0.25, 0.3) is 0 Å². The van der Waals surface area contributed by atoms with Crippen LogP contribution in [0.4, 0.5) is 0 Å². The zero-order valence-corrected chi connectivity index (χ0v) is 14.0. The van der Waals surface area contributed by atoms with Crippen LogP contribution >= 0.6 is 0 Å². The van der Waals surface area contributed by atoms with E-state index in [1.165, 1.54) is 6.07 Å². The van der Waals surface area contributed by atoms with E-state index in [0.29, 0.717) is 5.39 Å². The number of carbonyl (C=O) groups is 1. The van der Waals surface area contributed by atoms with E-state index in [9.17, 15) is 9.59 Å². The van der Waals surface area contributed by atoms with E-state index in [-0.39, 0.29) is 29.3 Å². The summed E-state index contributed by atoms with van der Waals surface area (Å²) in [5.41, 5.74) is 0.798. The van der Waals surface area contributed by atoms with Crippen molar-refractivity contribution in [3.05, 3.63) is 46.8 Å². The van der Waals surface area contributed by atoms with Crippen molar-refractivity contribution in [2.45, 2.75) is 40.3 Å². The van der Waals surface area contributed by atoms with Crippen LogP contribution in [0.3, 0.4) is 0 Å². The fourth-order valence-electron chi connectivity index (χ4n) is 2.45. The second kappa shape index (κ2) is 5.95. The lowest BCUT2D eigenvalue weighted by molar-refractivity contribution is -0.134. The summed E-state index contributed by atoms with van der Waals surface area (Å²) in [5, 5.41) is 0.643. The van der Waals surface area contributed by atoms with Crippen molar-refractivity contribution in [2.24, 2.45) is 5.41 Å². The Morgan fingerprint density at radius 1 is 1.23 bits per heavy atom. The molecule has 0 bridgehead atoms. The van der Waals surface area contributed by atoms with Crippen LogP contribution in [0.2, 0.25) is 0 Å². The first-order chi connectivity index (χ1) is 10.2. The molecule has 1 amide bonds. The first-order valence-corrected chi connectivity index (χ1v) is 7.55. The lowest BCUT2D eigenvalue weighted by Gasteiger charge is -2.35. The van der Waals surface area contributed by atoms with Gasteiger partial charge in [-0.2, -0.15) is 0 Å². The summed E-state index contributed by atoms with van der Waals surface area (Å²) in [6.45, 7) is 8.65. The molecule has 0 spiro atoms. The Morgan fingerprint density at radius 2 is 1.86 bits per heavy atom. The van der Waals surface area contributed by atoms with Crippen LogP contribution in [0.15, 0.2) is 41.3 Å². The molecule has 22 heavy (non-hydrogen) atoms. The Morgan fingerprint density at radius 3 is 2.50 bits per heavy atom. The Balaban J connectivity index is 2.30. The van der Waals surface area contributed by atoms with Gasteiger partial charge >= 0.3 is 0 Å². The number of amides is 1. The second-order valence-corrected chi connectivity index (χ2v) is 6.87.